The molecule has 1 aliphatic heterocycles. The van der Waals surface area contributed by atoms with Crippen molar-refractivity contribution in [1.29, 1.82) is 5.26 Å². The van der Waals surface area contributed by atoms with Crippen LogP contribution in [0.5, 0.6) is 28.7 Å². The van der Waals surface area contributed by atoms with Crippen molar-refractivity contribution in [3.05, 3.63) is 124 Å². The highest BCUT2D eigenvalue weighted by molar-refractivity contribution is 5.91. The van der Waals surface area contributed by atoms with Gasteiger partial charge in [-0.15, -0.1) is 0 Å². The van der Waals surface area contributed by atoms with Crippen LogP contribution in [0.1, 0.15) is 46.8 Å². The average Bonchev–Trinajstić information content (AvgIpc) is 3.01. The monoisotopic (exact) mass is 580 g/mol. The van der Waals surface area contributed by atoms with Crippen molar-refractivity contribution >= 4 is 5.97 Å². The SMILES string of the molecule is CCOc1cccc(C(=O)Oc2ccc3c(c2)OC(N)=C(C#N)C3c2ccc(OCc3ccccc3F)c(OCC)c2)c1. The van der Waals surface area contributed by atoms with E-state index in [9.17, 15) is 14.4 Å². The summed E-state index contributed by atoms with van der Waals surface area (Å²) in [5, 5.41) is 10.0. The molecule has 9 heteroatoms. The van der Waals surface area contributed by atoms with Crippen LogP contribution < -0.4 is 29.4 Å². The summed E-state index contributed by atoms with van der Waals surface area (Å²) in [6.45, 7) is 4.54. The van der Waals surface area contributed by atoms with Crippen molar-refractivity contribution in [2.75, 3.05) is 13.2 Å². The number of esters is 1. The lowest BCUT2D eigenvalue weighted by Crippen LogP contribution is -2.21. The number of carbonyl (C=O) groups is 1. The van der Waals surface area contributed by atoms with E-state index in [4.69, 9.17) is 29.4 Å². The van der Waals surface area contributed by atoms with Gasteiger partial charge < -0.3 is 29.4 Å². The molecule has 0 spiro atoms. The van der Waals surface area contributed by atoms with Crippen LogP contribution in [0.25, 0.3) is 0 Å². The van der Waals surface area contributed by atoms with Crippen molar-refractivity contribution < 1.29 is 32.9 Å². The highest BCUT2D eigenvalue weighted by Crippen LogP contribution is 2.45. The molecule has 1 unspecified atom stereocenters. The number of hydrogen-bond acceptors (Lipinski definition) is 8. The largest absolute Gasteiger partial charge is 0.494 e. The first-order valence-corrected chi connectivity index (χ1v) is 13.7. The van der Waals surface area contributed by atoms with E-state index in [0.29, 0.717) is 58.5 Å². The second-order valence-electron chi connectivity index (χ2n) is 9.49. The third-order valence-corrected chi connectivity index (χ3v) is 6.72. The van der Waals surface area contributed by atoms with Crippen LogP contribution >= 0.6 is 0 Å². The predicted molar refractivity (Wildman–Crippen MR) is 157 cm³/mol. The number of carbonyl (C=O) groups excluding carboxylic acids is 1. The van der Waals surface area contributed by atoms with Gasteiger partial charge in [0.25, 0.3) is 0 Å². The van der Waals surface area contributed by atoms with Crippen molar-refractivity contribution in [3.8, 4) is 34.8 Å². The molecule has 2 N–H and O–H groups in total. The van der Waals surface area contributed by atoms with Gasteiger partial charge in [-0.1, -0.05) is 36.4 Å². The summed E-state index contributed by atoms with van der Waals surface area (Å²) in [6, 6.07) is 25.5. The van der Waals surface area contributed by atoms with Gasteiger partial charge in [-0.05, 0) is 61.9 Å². The molecule has 0 fully saturated rings. The standard InChI is InChI=1S/C34H29FN2O6/c1-3-39-24-10-7-9-22(16-24)34(38)42-25-13-14-26-30(18-25)43-33(37)27(19-36)32(26)21-12-15-29(31(17-21)40-4-2)41-20-23-8-5-6-11-28(23)35/h5-18,32H,3-4,20,37H2,1-2H3. The molecule has 1 atom stereocenters. The molecule has 0 aliphatic carbocycles. The molecule has 1 heterocycles. The van der Waals surface area contributed by atoms with Gasteiger partial charge in [0.2, 0.25) is 5.88 Å². The molecule has 0 radical (unpaired) electrons. The molecule has 4 aromatic rings. The summed E-state index contributed by atoms with van der Waals surface area (Å²) in [7, 11) is 0. The van der Waals surface area contributed by atoms with Gasteiger partial charge in [-0.2, -0.15) is 5.26 Å². The molecule has 4 aromatic carbocycles. The van der Waals surface area contributed by atoms with Crippen LogP contribution in [0.4, 0.5) is 4.39 Å². The maximum absolute atomic E-state index is 14.1. The normalized spacial score (nSPS) is 13.8. The van der Waals surface area contributed by atoms with Crippen LogP contribution in [0.3, 0.4) is 0 Å². The molecule has 8 nitrogen and oxygen atoms in total. The first kappa shape index (κ1) is 29.0. The van der Waals surface area contributed by atoms with Crippen molar-refractivity contribution in [3.63, 3.8) is 0 Å². The number of fused-ring (bicyclic) bond motifs is 1. The van der Waals surface area contributed by atoms with Crippen LogP contribution in [0, 0.1) is 17.1 Å². The minimum atomic E-state index is -0.596. The Balaban J connectivity index is 1.43. The van der Waals surface area contributed by atoms with E-state index < -0.39 is 11.9 Å². The Morgan fingerprint density at radius 1 is 0.907 bits per heavy atom. The summed E-state index contributed by atoms with van der Waals surface area (Å²) >= 11 is 0. The first-order chi connectivity index (χ1) is 20.9. The van der Waals surface area contributed by atoms with Crippen molar-refractivity contribution in [2.24, 2.45) is 5.73 Å². The predicted octanol–water partition coefficient (Wildman–Crippen LogP) is 6.64. The lowest BCUT2D eigenvalue weighted by Gasteiger charge is -2.27. The van der Waals surface area contributed by atoms with E-state index in [1.165, 1.54) is 6.07 Å². The molecule has 43 heavy (non-hydrogen) atoms. The fraction of sp³-hybridized carbons (Fsp3) is 0.176. The van der Waals surface area contributed by atoms with E-state index in [1.807, 2.05) is 13.8 Å². The molecule has 0 amide bonds. The van der Waals surface area contributed by atoms with Crippen molar-refractivity contribution in [2.45, 2.75) is 26.4 Å². The third kappa shape index (κ3) is 6.39. The Morgan fingerprint density at radius 3 is 2.49 bits per heavy atom. The highest BCUT2D eigenvalue weighted by atomic mass is 19.1. The van der Waals surface area contributed by atoms with E-state index in [0.717, 1.165) is 0 Å². The maximum Gasteiger partial charge on any atom is 0.343 e. The Kier molecular flexibility index (Phi) is 8.77. The minimum Gasteiger partial charge on any atom is -0.494 e. The van der Waals surface area contributed by atoms with Gasteiger partial charge in [-0.3, -0.25) is 0 Å². The lowest BCUT2D eigenvalue weighted by molar-refractivity contribution is 0.0734. The van der Waals surface area contributed by atoms with Crippen molar-refractivity contribution in [1.82, 2.24) is 0 Å². The number of allylic oxidation sites excluding steroid dienone is 1. The molecule has 1 aliphatic rings. The highest BCUT2D eigenvalue weighted by Gasteiger charge is 2.32. The molecular weight excluding hydrogens is 551 g/mol. The quantitative estimate of drug-likeness (QED) is 0.164. The van der Waals surface area contributed by atoms with Gasteiger partial charge >= 0.3 is 5.97 Å². The van der Waals surface area contributed by atoms with E-state index in [2.05, 4.69) is 6.07 Å². The van der Waals surface area contributed by atoms with Crippen LogP contribution in [0.2, 0.25) is 0 Å². The smallest absolute Gasteiger partial charge is 0.343 e. The second-order valence-corrected chi connectivity index (χ2v) is 9.49. The number of rotatable bonds is 10. The number of nitrogens with zero attached hydrogens (tertiary/aromatic N) is 1. The molecule has 0 saturated carbocycles. The molecule has 0 aromatic heterocycles. The number of nitrogens with two attached hydrogens (primary N) is 1. The van der Waals surface area contributed by atoms with Crippen LogP contribution in [-0.2, 0) is 6.61 Å². The van der Waals surface area contributed by atoms with Gasteiger partial charge in [0, 0.05) is 17.2 Å². The number of benzene rings is 4. The topological polar surface area (TPSA) is 113 Å². The zero-order chi connectivity index (χ0) is 30.3. The maximum atomic E-state index is 14.1. The van der Waals surface area contributed by atoms with Crippen LogP contribution in [-0.4, -0.2) is 19.2 Å². The molecular formula is C34H29FN2O6. The fourth-order valence-electron chi connectivity index (χ4n) is 4.75. The molecule has 0 saturated heterocycles. The minimum absolute atomic E-state index is 0.0138. The Bertz CT molecular complexity index is 1730. The van der Waals surface area contributed by atoms with Gasteiger partial charge in [-0.25, -0.2) is 9.18 Å². The Morgan fingerprint density at radius 2 is 1.72 bits per heavy atom. The zero-order valence-corrected chi connectivity index (χ0v) is 23.6. The van der Waals surface area contributed by atoms with Gasteiger partial charge in [0.1, 0.15) is 41.3 Å². The summed E-state index contributed by atoms with van der Waals surface area (Å²) < 4.78 is 42.8. The first-order valence-electron chi connectivity index (χ1n) is 13.7. The van der Waals surface area contributed by atoms with E-state index in [1.54, 1.807) is 78.9 Å². The second kappa shape index (κ2) is 13.0. The summed E-state index contributed by atoms with van der Waals surface area (Å²) in [4.78, 5) is 12.8. The third-order valence-electron chi connectivity index (χ3n) is 6.72. The fourth-order valence-corrected chi connectivity index (χ4v) is 4.75. The zero-order valence-electron chi connectivity index (χ0n) is 23.6. The Hall–Kier alpha value is -5.49. The Labute approximate surface area is 248 Å². The average molecular weight is 581 g/mol. The summed E-state index contributed by atoms with van der Waals surface area (Å²) in [5.41, 5.74) is 8.49. The lowest BCUT2D eigenvalue weighted by atomic mass is 9.83. The molecule has 5 rings (SSSR count). The number of nitriles is 1. The summed E-state index contributed by atoms with van der Waals surface area (Å²) in [6.07, 6.45) is 0. The van der Waals surface area contributed by atoms with E-state index >= 15 is 0 Å². The molecule has 218 valence electrons. The van der Waals surface area contributed by atoms with E-state index in [-0.39, 0.29) is 29.6 Å². The number of ether oxygens (including phenoxy) is 5. The van der Waals surface area contributed by atoms with Gasteiger partial charge in [0.05, 0.1) is 24.7 Å². The van der Waals surface area contributed by atoms with Gasteiger partial charge in [0.15, 0.2) is 11.5 Å². The number of hydrogen-bond donors (Lipinski definition) is 1. The number of halogens is 1. The molecule has 0 bridgehead atoms. The summed E-state index contributed by atoms with van der Waals surface area (Å²) in [5.74, 6) is 0.406. The van der Waals surface area contributed by atoms with Crippen LogP contribution in [0.15, 0.2) is 96.4 Å².